The van der Waals surface area contributed by atoms with E-state index in [1.807, 2.05) is 19.9 Å². The molecule has 0 spiro atoms. The Kier molecular flexibility index (Phi) is 4.04. The van der Waals surface area contributed by atoms with Gasteiger partial charge in [0, 0.05) is 17.8 Å². The first kappa shape index (κ1) is 13.8. The first-order valence-electron chi connectivity index (χ1n) is 6.70. The van der Waals surface area contributed by atoms with Crippen molar-refractivity contribution in [1.29, 1.82) is 0 Å². The highest BCUT2D eigenvalue weighted by Gasteiger charge is 2.28. The molecule has 2 unspecified atom stereocenters. The highest BCUT2D eigenvalue weighted by molar-refractivity contribution is 5.73. The lowest BCUT2D eigenvalue weighted by Crippen LogP contribution is -2.44. The number of carboxylic acid groups (broad SMARTS) is 1. The molecule has 1 aromatic rings. The molecule has 3 N–H and O–H groups in total. The molecule has 19 heavy (non-hydrogen) atoms. The first-order valence-corrected chi connectivity index (χ1v) is 6.70. The van der Waals surface area contributed by atoms with Crippen molar-refractivity contribution in [2.75, 3.05) is 0 Å². The van der Waals surface area contributed by atoms with Gasteiger partial charge in [0.05, 0.1) is 0 Å². The minimum Gasteiger partial charge on any atom is -0.480 e. The molecule has 0 bridgehead atoms. The summed E-state index contributed by atoms with van der Waals surface area (Å²) in [6, 6.07) is 2.75. The molecule has 1 aliphatic carbocycles. The van der Waals surface area contributed by atoms with Gasteiger partial charge in [0.2, 0.25) is 5.56 Å². The van der Waals surface area contributed by atoms with E-state index in [0.29, 0.717) is 0 Å². The number of carbonyl (C=O) groups is 1. The summed E-state index contributed by atoms with van der Waals surface area (Å²) in [6.45, 7) is 3.78. The van der Waals surface area contributed by atoms with Gasteiger partial charge in [-0.3, -0.25) is 14.9 Å². The number of pyridine rings is 1. The smallest absolute Gasteiger partial charge is 0.320 e. The Labute approximate surface area is 112 Å². The van der Waals surface area contributed by atoms with Crippen molar-refractivity contribution < 1.29 is 9.90 Å². The summed E-state index contributed by atoms with van der Waals surface area (Å²) < 4.78 is 0. The molecule has 2 rings (SSSR count). The molecule has 0 aromatic carbocycles. The summed E-state index contributed by atoms with van der Waals surface area (Å²) in [5.74, 6) is -0.808. The fraction of sp³-hybridized carbons (Fsp3) is 0.571. The predicted molar refractivity (Wildman–Crippen MR) is 72.1 cm³/mol. The van der Waals surface area contributed by atoms with Crippen molar-refractivity contribution in [1.82, 2.24) is 10.3 Å². The van der Waals surface area contributed by atoms with Crippen LogP contribution < -0.4 is 10.9 Å². The molecule has 0 saturated carbocycles. The molecular formula is C14H20N2O3. The number of aryl methyl sites for hydroxylation is 1. The Bertz CT molecular complexity index is 522. The van der Waals surface area contributed by atoms with E-state index < -0.39 is 12.0 Å². The van der Waals surface area contributed by atoms with E-state index in [4.69, 9.17) is 0 Å². The van der Waals surface area contributed by atoms with Crippen LogP contribution in [0.5, 0.6) is 0 Å². The van der Waals surface area contributed by atoms with E-state index in [9.17, 15) is 14.7 Å². The maximum atomic E-state index is 11.3. The van der Waals surface area contributed by atoms with Crippen LogP contribution in [0.2, 0.25) is 0 Å². The van der Waals surface area contributed by atoms with Gasteiger partial charge in [-0.05, 0) is 30.7 Å². The summed E-state index contributed by atoms with van der Waals surface area (Å²) in [7, 11) is 0. The van der Waals surface area contributed by atoms with Crippen LogP contribution in [0.15, 0.2) is 16.9 Å². The lowest BCUT2D eigenvalue weighted by molar-refractivity contribution is -0.141. The highest BCUT2D eigenvalue weighted by atomic mass is 16.4. The molecule has 0 radical (unpaired) electrons. The molecule has 104 valence electrons. The second kappa shape index (κ2) is 5.57. The summed E-state index contributed by atoms with van der Waals surface area (Å²) >= 11 is 0. The number of H-pyrrole nitrogens is 1. The monoisotopic (exact) mass is 264 g/mol. The maximum Gasteiger partial charge on any atom is 0.320 e. The van der Waals surface area contributed by atoms with Crippen LogP contribution in [0.25, 0.3) is 0 Å². The Morgan fingerprint density at radius 3 is 2.84 bits per heavy atom. The lowest BCUT2D eigenvalue weighted by atomic mass is 9.90. The van der Waals surface area contributed by atoms with Crippen LogP contribution in [-0.4, -0.2) is 22.1 Å². The molecule has 5 nitrogen and oxygen atoms in total. The maximum absolute atomic E-state index is 11.3. The number of rotatable bonds is 4. The zero-order valence-electron chi connectivity index (χ0n) is 11.3. The molecule has 0 aliphatic heterocycles. The van der Waals surface area contributed by atoms with Gasteiger partial charge in [0.15, 0.2) is 0 Å². The predicted octanol–water partition coefficient (Wildman–Crippen LogP) is 1.45. The van der Waals surface area contributed by atoms with Crippen LogP contribution in [0.3, 0.4) is 0 Å². The standard InChI is InChI=1S/C14H20N2O3/c1-8(2)13(14(18)19)16-11-5-3-4-10-9(11)6-7-12(17)15-10/h6-8,11,13,16H,3-5H2,1-2H3,(H,15,17)(H,18,19). The van der Waals surface area contributed by atoms with Crippen LogP contribution >= 0.6 is 0 Å². The van der Waals surface area contributed by atoms with Crippen molar-refractivity contribution in [3.8, 4) is 0 Å². The molecule has 5 heteroatoms. The van der Waals surface area contributed by atoms with Crippen LogP contribution in [0.4, 0.5) is 0 Å². The number of carboxylic acids is 1. The summed E-state index contributed by atoms with van der Waals surface area (Å²) in [4.78, 5) is 25.4. The van der Waals surface area contributed by atoms with Crippen molar-refractivity contribution in [2.45, 2.75) is 45.2 Å². The summed E-state index contributed by atoms with van der Waals surface area (Å²) in [5, 5.41) is 12.5. The van der Waals surface area contributed by atoms with Crippen molar-refractivity contribution in [3.05, 3.63) is 33.7 Å². The number of aromatic amines is 1. The van der Waals surface area contributed by atoms with Crippen LogP contribution in [0.1, 0.15) is 44.0 Å². The molecular weight excluding hydrogens is 244 g/mol. The lowest BCUT2D eigenvalue weighted by Gasteiger charge is -2.30. The van der Waals surface area contributed by atoms with Gasteiger partial charge in [0.1, 0.15) is 6.04 Å². The van der Waals surface area contributed by atoms with E-state index in [1.165, 1.54) is 6.07 Å². The number of fused-ring (bicyclic) bond motifs is 1. The minimum atomic E-state index is -0.827. The molecule has 1 heterocycles. The van der Waals surface area contributed by atoms with E-state index in [-0.39, 0.29) is 17.5 Å². The topological polar surface area (TPSA) is 82.2 Å². The second-order valence-electron chi connectivity index (χ2n) is 5.43. The SMILES string of the molecule is CC(C)C(NC1CCCc2[nH]c(=O)ccc21)C(=O)O. The van der Waals surface area contributed by atoms with Gasteiger partial charge in [-0.2, -0.15) is 0 Å². The molecule has 1 aromatic heterocycles. The normalized spacial score (nSPS) is 20.1. The third-order valence-corrected chi connectivity index (χ3v) is 3.65. The fourth-order valence-corrected chi connectivity index (χ4v) is 2.64. The number of hydrogen-bond acceptors (Lipinski definition) is 3. The van der Waals surface area contributed by atoms with Gasteiger partial charge in [0.25, 0.3) is 0 Å². The Morgan fingerprint density at radius 1 is 1.47 bits per heavy atom. The summed E-state index contributed by atoms with van der Waals surface area (Å²) in [5.41, 5.74) is 1.86. The van der Waals surface area contributed by atoms with Crippen molar-refractivity contribution in [3.63, 3.8) is 0 Å². The highest BCUT2D eigenvalue weighted by Crippen LogP contribution is 2.28. The largest absolute Gasteiger partial charge is 0.480 e. The Hall–Kier alpha value is -1.62. The van der Waals surface area contributed by atoms with Crippen LogP contribution in [0, 0.1) is 5.92 Å². The molecule has 0 saturated heterocycles. The zero-order chi connectivity index (χ0) is 14.0. The molecule has 0 amide bonds. The number of aromatic nitrogens is 1. The van der Waals surface area contributed by atoms with Gasteiger partial charge in [-0.15, -0.1) is 0 Å². The van der Waals surface area contributed by atoms with E-state index in [0.717, 1.165) is 30.5 Å². The van der Waals surface area contributed by atoms with Crippen LogP contribution in [-0.2, 0) is 11.2 Å². The minimum absolute atomic E-state index is 0.00380. The molecule has 2 atom stereocenters. The molecule has 0 fully saturated rings. The van der Waals surface area contributed by atoms with Crippen molar-refractivity contribution in [2.24, 2.45) is 5.92 Å². The third-order valence-electron chi connectivity index (χ3n) is 3.65. The van der Waals surface area contributed by atoms with E-state index >= 15 is 0 Å². The molecule has 1 aliphatic rings. The van der Waals surface area contributed by atoms with Gasteiger partial charge < -0.3 is 10.1 Å². The van der Waals surface area contributed by atoms with Gasteiger partial charge >= 0.3 is 5.97 Å². The average Bonchev–Trinajstić information content (AvgIpc) is 2.34. The Balaban J connectivity index is 2.24. The fourth-order valence-electron chi connectivity index (χ4n) is 2.64. The van der Waals surface area contributed by atoms with E-state index in [1.54, 1.807) is 0 Å². The second-order valence-corrected chi connectivity index (χ2v) is 5.43. The number of hydrogen-bond donors (Lipinski definition) is 3. The zero-order valence-corrected chi connectivity index (χ0v) is 11.3. The average molecular weight is 264 g/mol. The quantitative estimate of drug-likeness (QED) is 0.768. The van der Waals surface area contributed by atoms with Gasteiger partial charge in [-0.1, -0.05) is 19.9 Å². The number of aliphatic carboxylic acids is 1. The Morgan fingerprint density at radius 2 is 2.21 bits per heavy atom. The third kappa shape index (κ3) is 3.04. The first-order chi connectivity index (χ1) is 8.99. The van der Waals surface area contributed by atoms with Crippen molar-refractivity contribution >= 4 is 5.97 Å². The summed E-state index contributed by atoms with van der Waals surface area (Å²) in [6.07, 6.45) is 2.70. The van der Waals surface area contributed by atoms with Gasteiger partial charge in [-0.25, -0.2) is 0 Å². The van der Waals surface area contributed by atoms with E-state index in [2.05, 4.69) is 10.3 Å². The number of nitrogens with one attached hydrogen (secondary N) is 2.